The quantitative estimate of drug-likeness (QED) is 0.646. The topological polar surface area (TPSA) is 49.8 Å². The molecule has 0 aliphatic carbocycles. The van der Waals surface area contributed by atoms with Crippen LogP contribution in [0.25, 0.3) is 0 Å². The number of likely N-dealkylation sites (tertiary alicyclic amines) is 1. The fraction of sp³-hybridized carbons (Fsp3) is 0.588. The molecule has 2 radical (unpaired) electrons. The molecule has 0 amide bonds. The van der Waals surface area contributed by atoms with E-state index in [2.05, 4.69) is 4.90 Å². The van der Waals surface area contributed by atoms with Gasteiger partial charge in [-0.25, -0.2) is 0 Å². The molecule has 1 N–H and O–H groups in total. The van der Waals surface area contributed by atoms with Crippen LogP contribution in [0.5, 0.6) is 0 Å². The van der Waals surface area contributed by atoms with Gasteiger partial charge in [0, 0.05) is 25.6 Å². The molecule has 0 spiro atoms. The van der Waals surface area contributed by atoms with Crippen LogP contribution in [0.4, 0.5) is 0 Å². The number of nitrogens with zero attached hydrogens (tertiary/aromatic N) is 1. The normalized spacial score (nSPS) is 22.7. The van der Waals surface area contributed by atoms with Gasteiger partial charge in [0.2, 0.25) is 0 Å². The standard InChI is InChI=1S/C17H24BNO3/c1-4-22-16(20)15-10-19(11-17(2,3)21)9-14(15)12-5-7-13(18)8-6-12/h5-8,14-15,21H,4,9-11H2,1-3H3. The molecular weight excluding hydrogens is 277 g/mol. The molecule has 0 aromatic heterocycles. The van der Waals surface area contributed by atoms with E-state index in [1.165, 1.54) is 0 Å². The lowest BCUT2D eigenvalue weighted by Gasteiger charge is -2.25. The van der Waals surface area contributed by atoms with Gasteiger partial charge in [-0.05, 0) is 26.3 Å². The van der Waals surface area contributed by atoms with Crippen molar-refractivity contribution in [1.82, 2.24) is 4.90 Å². The van der Waals surface area contributed by atoms with Crippen molar-refractivity contribution >= 4 is 19.3 Å². The molecule has 2 atom stereocenters. The molecule has 1 heterocycles. The zero-order valence-corrected chi connectivity index (χ0v) is 13.6. The van der Waals surface area contributed by atoms with Crippen molar-refractivity contribution in [3.8, 4) is 0 Å². The van der Waals surface area contributed by atoms with Crippen LogP contribution in [-0.4, -0.2) is 55.7 Å². The Kier molecular flexibility index (Phi) is 5.30. The maximum Gasteiger partial charge on any atom is 0.310 e. The van der Waals surface area contributed by atoms with Crippen molar-refractivity contribution in [2.45, 2.75) is 32.3 Å². The average Bonchev–Trinajstić information content (AvgIpc) is 2.81. The molecular formula is C17H24BNO3. The molecule has 1 saturated heterocycles. The molecule has 4 nitrogen and oxygen atoms in total. The predicted molar refractivity (Wildman–Crippen MR) is 87.4 cm³/mol. The monoisotopic (exact) mass is 301 g/mol. The highest BCUT2D eigenvalue weighted by Crippen LogP contribution is 2.34. The fourth-order valence-electron chi connectivity index (χ4n) is 3.13. The van der Waals surface area contributed by atoms with Crippen molar-refractivity contribution in [3.63, 3.8) is 0 Å². The summed E-state index contributed by atoms with van der Waals surface area (Å²) in [6.07, 6.45) is 0. The summed E-state index contributed by atoms with van der Waals surface area (Å²) in [6, 6.07) is 7.66. The van der Waals surface area contributed by atoms with Crippen LogP contribution < -0.4 is 5.46 Å². The maximum atomic E-state index is 12.3. The molecule has 5 heteroatoms. The maximum absolute atomic E-state index is 12.3. The lowest BCUT2D eigenvalue weighted by Crippen LogP contribution is -2.37. The van der Waals surface area contributed by atoms with Gasteiger partial charge >= 0.3 is 5.97 Å². The van der Waals surface area contributed by atoms with Crippen molar-refractivity contribution in [2.24, 2.45) is 5.92 Å². The van der Waals surface area contributed by atoms with E-state index in [1.807, 2.05) is 31.2 Å². The smallest absolute Gasteiger partial charge is 0.310 e. The van der Waals surface area contributed by atoms with E-state index < -0.39 is 5.60 Å². The zero-order valence-electron chi connectivity index (χ0n) is 13.6. The SMILES string of the molecule is [B]c1ccc(C2CN(CC(C)(C)O)CC2C(=O)OCC)cc1. The first-order valence-corrected chi connectivity index (χ1v) is 7.77. The molecule has 0 saturated carbocycles. The van der Waals surface area contributed by atoms with Gasteiger partial charge in [0.1, 0.15) is 7.85 Å². The van der Waals surface area contributed by atoms with Gasteiger partial charge in [0.25, 0.3) is 0 Å². The molecule has 1 fully saturated rings. The van der Waals surface area contributed by atoms with Gasteiger partial charge < -0.3 is 9.84 Å². The van der Waals surface area contributed by atoms with E-state index in [1.54, 1.807) is 13.8 Å². The molecule has 118 valence electrons. The molecule has 1 aromatic carbocycles. The number of carbonyl (C=O) groups is 1. The number of benzene rings is 1. The van der Waals surface area contributed by atoms with Crippen LogP contribution in [0.15, 0.2) is 24.3 Å². The first-order chi connectivity index (χ1) is 10.3. The third kappa shape index (κ3) is 4.34. The van der Waals surface area contributed by atoms with Gasteiger partial charge in [0.05, 0.1) is 18.1 Å². The number of carbonyl (C=O) groups excluding carboxylic acids is 1. The summed E-state index contributed by atoms with van der Waals surface area (Å²) in [5.74, 6) is -0.296. The first-order valence-electron chi connectivity index (χ1n) is 7.77. The van der Waals surface area contributed by atoms with Crippen molar-refractivity contribution in [2.75, 3.05) is 26.2 Å². The Bertz CT molecular complexity index is 510. The highest BCUT2D eigenvalue weighted by molar-refractivity contribution is 6.32. The number of ether oxygens (including phenoxy) is 1. The number of rotatable bonds is 5. The number of aliphatic hydroxyl groups is 1. The van der Waals surface area contributed by atoms with Gasteiger partial charge in [0.15, 0.2) is 0 Å². The highest BCUT2D eigenvalue weighted by atomic mass is 16.5. The Morgan fingerprint density at radius 1 is 1.36 bits per heavy atom. The summed E-state index contributed by atoms with van der Waals surface area (Å²) in [4.78, 5) is 14.4. The second-order valence-corrected chi connectivity index (χ2v) is 6.64. The van der Waals surface area contributed by atoms with Crippen molar-refractivity contribution in [3.05, 3.63) is 29.8 Å². The number of hydrogen-bond acceptors (Lipinski definition) is 4. The molecule has 2 rings (SSSR count). The summed E-state index contributed by atoms with van der Waals surface area (Å²) >= 11 is 0. The zero-order chi connectivity index (χ0) is 16.3. The Morgan fingerprint density at radius 3 is 2.55 bits per heavy atom. The van der Waals surface area contributed by atoms with Crippen LogP contribution in [0.2, 0.25) is 0 Å². The van der Waals surface area contributed by atoms with Crippen molar-refractivity contribution < 1.29 is 14.6 Å². The second-order valence-electron chi connectivity index (χ2n) is 6.64. The van der Waals surface area contributed by atoms with E-state index >= 15 is 0 Å². The average molecular weight is 301 g/mol. The van der Waals surface area contributed by atoms with Crippen LogP contribution in [0.3, 0.4) is 0 Å². The molecule has 1 aromatic rings. The molecule has 0 bridgehead atoms. The van der Waals surface area contributed by atoms with E-state index in [0.717, 1.165) is 12.1 Å². The number of β-amino-alcohol motifs (C(OH)–C–C–N with tert-alkyl or cyclic N) is 1. The van der Waals surface area contributed by atoms with Crippen LogP contribution in [0, 0.1) is 5.92 Å². The third-order valence-corrected chi connectivity index (χ3v) is 3.96. The summed E-state index contributed by atoms with van der Waals surface area (Å²) in [7, 11) is 5.74. The van der Waals surface area contributed by atoms with E-state index in [4.69, 9.17) is 12.6 Å². The number of hydrogen-bond donors (Lipinski definition) is 1. The lowest BCUT2D eigenvalue weighted by molar-refractivity contribution is -0.148. The Hall–Kier alpha value is -1.33. The van der Waals surface area contributed by atoms with Crippen LogP contribution in [-0.2, 0) is 9.53 Å². The molecule has 2 unspecified atom stereocenters. The fourth-order valence-corrected chi connectivity index (χ4v) is 3.13. The lowest BCUT2D eigenvalue weighted by atomic mass is 9.86. The number of esters is 1. The Balaban J connectivity index is 2.19. The third-order valence-electron chi connectivity index (χ3n) is 3.96. The van der Waals surface area contributed by atoms with Gasteiger partial charge in [-0.3, -0.25) is 9.69 Å². The van der Waals surface area contributed by atoms with E-state index in [9.17, 15) is 9.90 Å². The van der Waals surface area contributed by atoms with Crippen molar-refractivity contribution in [1.29, 1.82) is 0 Å². The van der Waals surface area contributed by atoms with Gasteiger partial charge in [-0.1, -0.05) is 29.7 Å². The molecule has 1 aliphatic rings. The summed E-state index contributed by atoms with van der Waals surface area (Å²) < 4.78 is 5.23. The minimum Gasteiger partial charge on any atom is -0.466 e. The predicted octanol–water partition coefficient (Wildman–Crippen LogP) is 0.830. The van der Waals surface area contributed by atoms with E-state index in [-0.39, 0.29) is 17.8 Å². The summed E-state index contributed by atoms with van der Waals surface area (Å²) in [5, 5.41) is 10.0. The van der Waals surface area contributed by atoms with Crippen LogP contribution >= 0.6 is 0 Å². The minimum atomic E-state index is -0.783. The largest absolute Gasteiger partial charge is 0.466 e. The molecule has 22 heavy (non-hydrogen) atoms. The first kappa shape index (κ1) is 17.0. The highest BCUT2D eigenvalue weighted by Gasteiger charge is 2.40. The minimum absolute atomic E-state index is 0.0713. The summed E-state index contributed by atoms with van der Waals surface area (Å²) in [5.41, 5.74) is 1.02. The second kappa shape index (κ2) is 6.84. The molecule has 1 aliphatic heterocycles. The Morgan fingerprint density at radius 2 is 2.00 bits per heavy atom. The van der Waals surface area contributed by atoms with E-state index in [0.29, 0.717) is 25.2 Å². The Labute approximate surface area is 133 Å². The van der Waals surface area contributed by atoms with Crippen LogP contribution in [0.1, 0.15) is 32.3 Å². The summed E-state index contributed by atoms with van der Waals surface area (Å²) in [6.45, 7) is 7.64. The van der Waals surface area contributed by atoms with Gasteiger partial charge in [-0.15, -0.1) is 0 Å². The van der Waals surface area contributed by atoms with Gasteiger partial charge in [-0.2, -0.15) is 0 Å².